The van der Waals surface area contributed by atoms with E-state index in [1.165, 1.54) is 22.3 Å². The van der Waals surface area contributed by atoms with Crippen molar-refractivity contribution >= 4 is 18.4 Å². The average Bonchev–Trinajstić information content (AvgIpc) is 2.78. The SMILES string of the molecule is CCOC[Si](COCC)(c1c(CC)cccc1CC)c1c(CC)cccc1CC. The van der Waals surface area contributed by atoms with Gasteiger partial charge in [0.2, 0.25) is 0 Å². The largest absolute Gasteiger partial charge is 0.384 e. The molecular formula is C26H40O2Si. The lowest BCUT2D eigenvalue weighted by Crippen LogP contribution is -2.69. The predicted octanol–water partition coefficient (Wildman–Crippen LogP) is 4.65. The van der Waals surface area contributed by atoms with Crippen LogP contribution in [0.5, 0.6) is 0 Å². The fourth-order valence-corrected chi connectivity index (χ4v) is 10.2. The van der Waals surface area contributed by atoms with Gasteiger partial charge in [-0.2, -0.15) is 0 Å². The van der Waals surface area contributed by atoms with Crippen molar-refractivity contribution in [1.29, 1.82) is 0 Å². The van der Waals surface area contributed by atoms with Gasteiger partial charge < -0.3 is 9.47 Å². The number of benzene rings is 2. The van der Waals surface area contributed by atoms with Crippen molar-refractivity contribution in [3.05, 3.63) is 58.7 Å². The number of hydrogen-bond acceptors (Lipinski definition) is 2. The van der Waals surface area contributed by atoms with Crippen LogP contribution < -0.4 is 10.4 Å². The molecule has 0 spiro atoms. The van der Waals surface area contributed by atoms with Gasteiger partial charge in [-0.25, -0.2) is 0 Å². The zero-order valence-corrected chi connectivity index (χ0v) is 20.4. The highest BCUT2D eigenvalue weighted by Gasteiger charge is 2.43. The molecule has 0 aliphatic heterocycles. The summed E-state index contributed by atoms with van der Waals surface area (Å²) in [6, 6.07) is 13.8. The second-order valence-electron chi connectivity index (χ2n) is 7.67. The normalized spacial score (nSPS) is 11.8. The maximum atomic E-state index is 6.28. The maximum Gasteiger partial charge on any atom is 0.172 e. The van der Waals surface area contributed by atoms with E-state index >= 15 is 0 Å². The van der Waals surface area contributed by atoms with E-state index in [1.54, 1.807) is 10.4 Å². The summed E-state index contributed by atoms with van der Waals surface area (Å²) in [5.74, 6) is 0. The minimum atomic E-state index is -2.30. The minimum absolute atomic E-state index is 0.742. The molecule has 0 radical (unpaired) electrons. The van der Waals surface area contributed by atoms with Crippen LogP contribution in [-0.2, 0) is 35.2 Å². The molecule has 0 saturated heterocycles. The molecule has 2 aromatic carbocycles. The Morgan fingerprint density at radius 3 is 1.10 bits per heavy atom. The Morgan fingerprint density at radius 2 is 0.862 bits per heavy atom. The second kappa shape index (κ2) is 11.7. The van der Waals surface area contributed by atoms with Gasteiger partial charge in [0.1, 0.15) is 0 Å². The summed E-state index contributed by atoms with van der Waals surface area (Å²) >= 11 is 0. The van der Waals surface area contributed by atoms with Crippen LogP contribution in [0.15, 0.2) is 36.4 Å². The summed E-state index contributed by atoms with van der Waals surface area (Å²) in [5, 5.41) is 3.14. The first-order valence-corrected chi connectivity index (χ1v) is 13.9. The summed E-state index contributed by atoms with van der Waals surface area (Å²) < 4.78 is 12.6. The molecule has 0 bridgehead atoms. The third kappa shape index (κ3) is 5.02. The molecular weight excluding hydrogens is 372 g/mol. The van der Waals surface area contributed by atoms with Crippen LogP contribution in [-0.4, -0.2) is 33.7 Å². The molecule has 0 heterocycles. The standard InChI is InChI=1S/C26H40O2Si/c1-7-21-15-13-16-22(8-2)25(21)29(19-27-11-5,20-28-12-6)26-23(9-3)17-14-18-24(26)10-4/h13-18H,7-12,19-20H2,1-6H3. The van der Waals surface area contributed by atoms with Crippen LogP contribution in [0, 0.1) is 0 Å². The monoisotopic (exact) mass is 412 g/mol. The molecule has 0 aromatic heterocycles. The van der Waals surface area contributed by atoms with Gasteiger partial charge in [-0.3, -0.25) is 0 Å². The lowest BCUT2D eigenvalue weighted by atomic mass is 10.1. The first-order valence-electron chi connectivity index (χ1n) is 11.5. The van der Waals surface area contributed by atoms with E-state index in [9.17, 15) is 0 Å². The molecule has 0 aliphatic rings. The van der Waals surface area contributed by atoms with E-state index < -0.39 is 8.07 Å². The quantitative estimate of drug-likeness (QED) is 0.472. The summed E-state index contributed by atoms with van der Waals surface area (Å²) in [6.07, 6.45) is 5.77. The molecule has 2 rings (SSSR count). The van der Waals surface area contributed by atoms with Crippen LogP contribution in [0.2, 0.25) is 0 Å². The second-order valence-corrected chi connectivity index (χ2v) is 11.4. The van der Waals surface area contributed by atoms with Gasteiger partial charge in [0.05, 0.1) is 12.5 Å². The van der Waals surface area contributed by atoms with Crippen LogP contribution in [0.1, 0.15) is 63.8 Å². The fraction of sp³-hybridized carbons (Fsp3) is 0.538. The first kappa shape index (κ1) is 23.9. The highest BCUT2D eigenvalue weighted by molar-refractivity contribution is 7.03. The smallest absolute Gasteiger partial charge is 0.172 e. The molecule has 2 nitrogen and oxygen atoms in total. The van der Waals surface area contributed by atoms with Gasteiger partial charge in [-0.05, 0) is 72.2 Å². The molecule has 0 saturated carbocycles. The van der Waals surface area contributed by atoms with Crippen LogP contribution >= 0.6 is 0 Å². The number of hydrogen-bond donors (Lipinski definition) is 0. The van der Waals surface area contributed by atoms with E-state index in [2.05, 4.69) is 77.9 Å². The zero-order valence-electron chi connectivity index (χ0n) is 19.4. The van der Waals surface area contributed by atoms with E-state index in [0.29, 0.717) is 0 Å². The van der Waals surface area contributed by atoms with Crippen molar-refractivity contribution in [2.45, 2.75) is 67.2 Å². The molecule has 0 amide bonds. The Labute approximate surface area is 179 Å². The van der Waals surface area contributed by atoms with Crippen molar-refractivity contribution in [3.8, 4) is 0 Å². The lowest BCUT2D eigenvalue weighted by Gasteiger charge is -2.38. The molecule has 0 unspecified atom stereocenters. The highest BCUT2D eigenvalue weighted by atomic mass is 28.3. The third-order valence-corrected chi connectivity index (χ3v) is 10.7. The Balaban J connectivity index is 2.95. The first-order chi connectivity index (χ1) is 14.1. The van der Waals surface area contributed by atoms with Crippen molar-refractivity contribution in [1.82, 2.24) is 0 Å². The van der Waals surface area contributed by atoms with Crippen molar-refractivity contribution in [2.24, 2.45) is 0 Å². The molecule has 160 valence electrons. The van der Waals surface area contributed by atoms with E-state index in [0.717, 1.165) is 51.4 Å². The van der Waals surface area contributed by atoms with Gasteiger partial charge in [0.25, 0.3) is 0 Å². The predicted molar refractivity (Wildman–Crippen MR) is 128 cm³/mol. The van der Waals surface area contributed by atoms with Gasteiger partial charge in [-0.1, -0.05) is 64.1 Å². The third-order valence-electron chi connectivity index (χ3n) is 6.06. The van der Waals surface area contributed by atoms with E-state index in [4.69, 9.17) is 9.47 Å². The summed E-state index contributed by atoms with van der Waals surface area (Å²) in [4.78, 5) is 0. The van der Waals surface area contributed by atoms with Crippen LogP contribution in [0.3, 0.4) is 0 Å². The molecule has 0 aliphatic carbocycles. The molecule has 2 aromatic rings. The Hall–Kier alpha value is -1.42. The maximum absolute atomic E-state index is 6.28. The summed E-state index contributed by atoms with van der Waals surface area (Å²) in [7, 11) is -2.30. The van der Waals surface area contributed by atoms with Crippen molar-refractivity contribution in [2.75, 3.05) is 25.7 Å². The summed E-state index contributed by atoms with van der Waals surface area (Å²) in [5.41, 5.74) is 5.90. The molecule has 0 N–H and O–H groups in total. The average molecular weight is 413 g/mol. The number of aryl methyl sites for hydroxylation is 4. The molecule has 29 heavy (non-hydrogen) atoms. The fourth-order valence-electron chi connectivity index (χ4n) is 4.72. The van der Waals surface area contributed by atoms with Crippen LogP contribution in [0.4, 0.5) is 0 Å². The Bertz CT molecular complexity index is 659. The minimum Gasteiger partial charge on any atom is -0.384 e. The van der Waals surface area contributed by atoms with Crippen molar-refractivity contribution < 1.29 is 9.47 Å². The molecule has 0 fully saturated rings. The lowest BCUT2D eigenvalue weighted by molar-refractivity contribution is 0.166. The highest BCUT2D eigenvalue weighted by Crippen LogP contribution is 2.20. The number of ether oxygens (including phenoxy) is 2. The molecule has 0 atom stereocenters. The van der Waals surface area contributed by atoms with Gasteiger partial charge in [0.15, 0.2) is 8.07 Å². The topological polar surface area (TPSA) is 18.5 Å². The van der Waals surface area contributed by atoms with Gasteiger partial charge in [-0.15, -0.1) is 0 Å². The Kier molecular flexibility index (Phi) is 9.61. The molecule has 3 heteroatoms. The zero-order chi connectivity index (χ0) is 21.3. The van der Waals surface area contributed by atoms with Crippen molar-refractivity contribution in [3.63, 3.8) is 0 Å². The summed E-state index contributed by atoms with van der Waals surface area (Å²) in [6.45, 7) is 14.8. The van der Waals surface area contributed by atoms with Crippen LogP contribution in [0.25, 0.3) is 0 Å². The number of rotatable bonds is 12. The van der Waals surface area contributed by atoms with Gasteiger partial charge in [0, 0.05) is 13.2 Å². The van der Waals surface area contributed by atoms with E-state index in [1.807, 2.05) is 0 Å². The van der Waals surface area contributed by atoms with Gasteiger partial charge >= 0.3 is 0 Å². The van der Waals surface area contributed by atoms with E-state index in [-0.39, 0.29) is 0 Å². The Morgan fingerprint density at radius 1 is 0.552 bits per heavy atom.